The van der Waals surface area contributed by atoms with Crippen LogP contribution < -0.4 is 0 Å². The van der Waals surface area contributed by atoms with Crippen molar-refractivity contribution in [3.8, 4) is 68.3 Å². The van der Waals surface area contributed by atoms with Gasteiger partial charge in [0, 0.05) is 39.2 Å². The van der Waals surface area contributed by atoms with Crippen molar-refractivity contribution in [3.63, 3.8) is 0 Å². The van der Waals surface area contributed by atoms with E-state index in [0.29, 0.717) is 73.7 Å². The van der Waals surface area contributed by atoms with Crippen molar-refractivity contribution < 1.29 is 26.3 Å². The third-order valence-electron chi connectivity index (χ3n) is 10.4. The summed E-state index contributed by atoms with van der Waals surface area (Å²) in [5.41, 5.74) is 4.72. The van der Waals surface area contributed by atoms with Crippen LogP contribution in [0.4, 0.5) is 26.3 Å². The van der Waals surface area contributed by atoms with Crippen molar-refractivity contribution in [1.82, 2.24) is 34.1 Å². The predicted octanol–water partition coefficient (Wildman–Crippen LogP) is 12.9. The maximum Gasteiger partial charge on any atom is 0.416 e. The molecule has 0 aliphatic rings. The van der Waals surface area contributed by atoms with Crippen molar-refractivity contribution in [2.24, 2.45) is 0 Å². The Morgan fingerprint density at radius 2 is 0.694 bits per heavy atom. The summed E-state index contributed by atoms with van der Waals surface area (Å²) in [6, 6.07) is 49.0. The Kier molecular flexibility index (Phi) is 9.24. The van der Waals surface area contributed by atoms with Gasteiger partial charge in [0.2, 0.25) is 0 Å². The summed E-state index contributed by atoms with van der Waals surface area (Å²) in [7, 11) is 0. The lowest BCUT2D eigenvalue weighted by molar-refractivity contribution is -0.138. The second kappa shape index (κ2) is 15.0. The Balaban J connectivity index is 1.12. The lowest BCUT2D eigenvalue weighted by Crippen LogP contribution is -2.05. The first-order chi connectivity index (χ1) is 30.0. The molecule has 0 atom stereocenters. The van der Waals surface area contributed by atoms with Gasteiger partial charge in [-0.15, -0.1) is 0 Å². The molecule has 0 saturated heterocycles. The fourth-order valence-corrected chi connectivity index (χ4v) is 7.55. The molecule has 62 heavy (non-hydrogen) atoms. The van der Waals surface area contributed by atoms with Gasteiger partial charge in [-0.1, -0.05) is 103 Å². The van der Waals surface area contributed by atoms with Crippen LogP contribution in [0.5, 0.6) is 0 Å². The molecular weight excluding hydrogens is 801 g/mol. The molecule has 302 valence electrons. The van der Waals surface area contributed by atoms with E-state index in [2.05, 4.69) is 0 Å². The van der Waals surface area contributed by atoms with E-state index in [-0.39, 0.29) is 11.1 Å². The number of fused-ring (bicyclic) bond motifs is 2. The molecule has 0 spiro atoms. The van der Waals surface area contributed by atoms with Gasteiger partial charge >= 0.3 is 12.4 Å². The molecule has 0 bridgehead atoms. The van der Waals surface area contributed by atoms with Gasteiger partial charge in [-0.25, -0.2) is 24.9 Å². The molecule has 0 radical (unpaired) electrons. The highest BCUT2D eigenvalue weighted by molar-refractivity contribution is 5.85. The second-order valence-corrected chi connectivity index (χ2v) is 14.4. The first-order valence-electron chi connectivity index (χ1n) is 19.3. The van der Waals surface area contributed by atoms with Crippen molar-refractivity contribution in [1.29, 1.82) is 0 Å². The SMILES string of the molecule is FC(F)(F)c1cccc(-c2nc3ccccc3n2-c2cccc(-c3nc(-c4ccccc4)nc(-c4cccc(-n5c(-c6cccc(C(F)(F)F)c6)nc6ccccc65)c4)n3)c2)c1. The van der Waals surface area contributed by atoms with Crippen LogP contribution in [-0.2, 0) is 12.4 Å². The molecule has 10 rings (SSSR count). The summed E-state index contributed by atoms with van der Waals surface area (Å²) in [6.45, 7) is 0. The number of halogens is 6. The maximum atomic E-state index is 13.9. The fraction of sp³-hybridized carbons (Fsp3) is 0.0408. The first kappa shape index (κ1) is 38.3. The van der Waals surface area contributed by atoms with Crippen LogP contribution in [-0.4, -0.2) is 34.1 Å². The minimum Gasteiger partial charge on any atom is -0.292 e. The number of hydrogen-bond acceptors (Lipinski definition) is 5. The summed E-state index contributed by atoms with van der Waals surface area (Å²) < 4.78 is 86.9. The van der Waals surface area contributed by atoms with Gasteiger partial charge < -0.3 is 0 Å². The van der Waals surface area contributed by atoms with Crippen LogP contribution in [0.15, 0.2) is 176 Å². The molecule has 7 nitrogen and oxygen atoms in total. The molecule has 3 aromatic heterocycles. The Labute approximate surface area is 349 Å². The lowest BCUT2D eigenvalue weighted by atomic mass is 10.1. The molecular formula is C49H29F6N7. The van der Waals surface area contributed by atoms with Gasteiger partial charge in [0.15, 0.2) is 17.5 Å². The monoisotopic (exact) mass is 829 g/mol. The molecule has 10 aromatic rings. The maximum absolute atomic E-state index is 13.9. The molecule has 0 N–H and O–H groups in total. The largest absolute Gasteiger partial charge is 0.416 e. The molecule has 13 heteroatoms. The fourth-order valence-electron chi connectivity index (χ4n) is 7.55. The van der Waals surface area contributed by atoms with E-state index in [4.69, 9.17) is 24.9 Å². The number of nitrogens with zero attached hydrogens (tertiary/aromatic N) is 7. The predicted molar refractivity (Wildman–Crippen MR) is 226 cm³/mol. The molecule has 7 aromatic carbocycles. The van der Waals surface area contributed by atoms with Gasteiger partial charge in [0.25, 0.3) is 0 Å². The topological polar surface area (TPSA) is 74.3 Å². The summed E-state index contributed by atoms with van der Waals surface area (Å²) in [5.74, 6) is 1.68. The third kappa shape index (κ3) is 7.12. The van der Waals surface area contributed by atoms with Crippen molar-refractivity contribution in [3.05, 3.63) is 187 Å². The van der Waals surface area contributed by atoms with Gasteiger partial charge in [-0.2, -0.15) is 26.3 Å². The Morgan fingerprint density at radius 1 is 0.323 bits per heavy atom. The van der Waals surface area contributed by atoms with E-state index in [0.717, 1.165) is 29.8 Å². The molecule has 0 aliphatic carbocycles. The molecule has 0 fully saturated rings. The smallest absolute Gasteiger partial charge is 0.292 e. The zero-order valence-corrected chi connectivity index (χ0v) is 32.1. The average molecular weight is 830 g/mol. The highest BCUT2D eigenvalue weighted by atomic mass is 19.4. The number of alkyl halides is 6. The number of benzene rings is 7. The quantitative estimate of drug-likeness (QED) is 0.150. The Hall–Kier alpha value is -7.93. The van der Waals surface area contributed by atoms with E-state index in [1.165, 1.54) is 12.1 Å². The number of para-hydroxylation sites is 4. The van der Waals surface area contributed by atoms with Crippen molar-refractivity contribution in [2.45, 2.75) is 12.4 Å². The zero-order valence-electron chi connectivity index (χ0n) is 32.1. The van der Waals surface area contributed by atoms with E-state index in [1.807, 2.05) is 124 Å². The van der Waals surface area contributed by atoms with E-state index in [9.17, 15) is 26.3 Å². The van der Waals surface area contributed by atoms with E-state index in [1.54, 1.807) is 24.3 Å². The molecule has 0 amide bonds. The molecule has 0 aliphatic heterocycles. The van der Waals surface area contributed by atoms with E-state index >= 15 is 0 Å². The van der Waals surface area contributed by atoms with Gasteiger partial charge in [-0.3, -0.25) is 9.13 Å². The van der Waals surface area contributed by atoms with E-state index < -0.39 is 23.5 Å². The van der Waals surface area contributed by atoms with Crippen LogP contribution in [0.25, 0.3) is 90.4 Å². The molecule has 3 heterocycles. The number of hydrogen-bond donors (Lipinski definition) is 0. The van der Waals surface area contributed by atoms with Crippen LogP contribution in [0, 0.1) is 0 Å². The minimum atomic E-state index is -4.55. The van der Waals surface area contributed by atoms with Gasteiger partial charge in [0.1, 0.15) is 11.6 Å². The standard InChI is InChI=1S/C49H29F6N7/c50-48(51,52)35-18-8-16-33(26-35)46-56-39-22-4-6-24-41(39)61(46)37-20-10-14-31(28-37)44-58-43(30-12-2-1-3-13-30)59-45(60-44)32-15-11-21-38(29-32)62-42-25-7-5-23-40(42)57-47(62)34-17-9-19-36(27-34)49(53,54)55/h1-29H. The Bertz CT molecular complexity index is 3100. The highest BCUT2D eigenvalue weighted by Crippen LogP contribution is 2.37. The summed E-state index contributed by atoms with van der Waals surface area (Å²) in [4.78, 5) is 24.4. The number of imidazole rings is 2. The molecule has 0 saturated carbocycles. The van der Waals surface area contributed by atoms with Crippen LogP contribution >= 0.6 is 0 Å². The lowest BCUT2D eigenvalue weighted by Gasteiger charge is -2.14. The highest BCUT2D eigenvalue weighted by Gasteiger charge is 2.32. The van der Waals surface area contributed by atoms with Gasteiger partial charge in [0.05, 0.1) is 33.2 Å². The normalized spacial score (nSPS) is 12.0. The second-order valence-electron chi connectivity index (χ2n) is 14.4. The molecule has 0 unspecified atom stereocenters. The van der Waals surface area contributed by atoms with Crippen LogP contribution in [0.1, 0.15) is 11.1 Å². The summed E-state index contributed by atoms with van der Waals surface area (Å²) in [6.07, 6.45) is -9.09. The first-order valence-corrected chi connectivity index (χ1v) is 19.3. The van der Waals surface area contributed by atoms with Gasteiger partial charge in [-0.05, 0) is 72.8 Å². The number of aromatic nitrogens is 7. The van der Waals surface area contributed by atoms with Crippen molar-refractivity contribution in [2.75, 3.05) is 0 Å². The number of rotatable bonds is 7. The minimum absolute atomic E-state index is 0.289. The van der Waals surface area contributed by atoms with Crippen molar-refractivity contribution >= 4 is 22.1 Å². The Morgan fingerprint density at radius 3 is 1.15 bits per heavy atom. The van der Waals surface area contributed by atoms with Crippen LogP contribution in [0.3, 0.4) is 0 Å². The third-order valence-corrected chi connectivity index (χ3v) is 10.4. The zero-order chi connectivity index (χ0) is 42.6. The van der Waals surface area contributed by atoms with Crippen LogP contribution in [0.2, 0.25) is 0 Å². The summed E-state index contributed by atoms with van der Waals surface area (Å²) in [5, 5.41) is 0. The summed E-state index contributed by atoms with van der Waals surface area (Å²) >= 11 is 0. The average Bonchev–Trinajstić information content (AvgIpc) is 3.89.